The summed E-state index contributed by atoms with van der Waals surface area (Å²) in [6, 6.07) is 5.21. The van der Waals surface area contributed by atoms with Crippen molar-refractivity contribution in [3.05, 3.63) is 39.0 Å². The van der Waals surface area contributed by atoms with Gasteiger partial charge in [-0.15, -0.1) is 0 Å². The number of hydrogen-bond acceptors (Lipinski definition) is 3. The van der Waals surface area contributed by atoms with Gasteiger partial charge in [-0.05, 0) is 18.6 Å². The molecule has 1 aromatic heterocycles. The van der Waals surface area contributed by atoms with Crippen molar-refractivity contribution in [2.24, 2.45) is 0 Å². The SMILES string of the molecule is CCCCCn1c(=O)[nH]c(=O)c2cccc(OC)c21. The Labute approximate surface area is 110 Å². The first-order chi connectivity index (χ1) is 9.19. The lowest BCUT2D eigenvalue weighted by atomic mass is 10.2. The van der Waals surface area contributed by atoms with Crippen molar-refractivity contribution >= 4 is 10.9 Å². The number of rotatable bonds is 5. The van der Waals surface area contributed by atoms with Gasteiger partial charge in [-0.1, -0.05) is 25.8 Å². The summed E-state index contributed by atoms with van der Waals surface area (Å²) in [5.41, 5.74) is -0.168. The number of benzene rings is 1. The molecule has 5 nitrogen and oxygen atoms in total. The predicted octanol–water partition coefficient (Wildman–Crippen LogP) is 1.89. The zero-order valence-electron chi connectivity index (χ0n) is 11.2. The van der Waals surface area contributed by atoms with Crippen LogP contribution in [0.25, 0.3) is 10.9 Å². The lowest BCUT2D eigenvalue weighted by Gasteiger charge is -2.12. The van der Waals surface area contributed by atoms with Crippen molar-refractivity contribution in [2.75, 3.05) is 7.11 Å². The molecular formula is C14H18N2O3. The number of nitrogens with zero attached hydrogens (tertiary/aromatic N) is 1. The molecule has 0 saturated carbocycles. The smallest absolute Gasteiger partial charge is 0.328 e. The number of aryl methyl sites for hydroxylation is 1. The van der Waals surface area contributed by atoms with Gasteiger partial charge in [-0.25, -0.2) is 4.79 Å². The number of methoxy groups -OCH3 is 1. The van der Waals surface area contributed by atoms with Crippen molar-refractivity contribution < 1.29 is 4.74 Å². The van der Waals surface area contributed by atoms with Gasteiger partial charge in [0.2, 0.25) is 0 Å². The molecule has 1 aromatic carbocycles. The third-order valence-corrected chi connectivity index (χ3v) is 3.18. The summed E-state index contributed by atoms with van der Waals surface area (Å²) in [7, 11) is 1.54. The molecule has 0 fully saturated rings. The van der Waals surface area contributed by atoms with Gasteiger partial charge < -0.3 is 4.74 Å². The summed E-state index contributed by atoms with van der Waals surface area (Å²) in [6.45, 7) is 2.69. The van der Waals surface area contributed by atoms with Crippen LogP contribution in [0, 0.1) is 0 Å². The van der Waals surface area contributed by atoms with Crippen molar-refractivity contribution in [2.45, 2.75) is 32.7 Å². The van der Waals surface area contributed by atoms with Gasteiger partial charge in [0.1, 0.15) is 11.3 Å². The highest BCUT2D eigenvalue weighted by Crippen LogP contribution is 2.21. The Kier molecular flexibility index (Phi) is 4.04. The first-order valence-corrected chi connectivity index (χ1v) is 6.49. The Hall–Kier alpha value is -2.04. The van der Waals surface area contributed by atoms with Gasteiger partial charge in [0.05, 0.1) is 12.5 Å². The molecular weight excluding hydrogens is 244 g/mol. The minimum atomic E-state index is -0.377. The lowest BCUT2D eigenvalue weighted by molar-refractivity contribution is 0.415. The van der Waals surface area contributed by atoms with Crippen molar-refractivity contribution in [3.8, 4) is 5.75 Å². The van der Waals surface area contributed by atoms with E-state index in [1.807, 2.05) is 0 Å². The van der Waals surface area contributed by atoms with Crippen LogP contribution in [-0.4, -0.2) is 16.7 Å². The van der Waals surface area contributed by atoms with E-state index in [-0.39, 0.29) is 11.2 Å². The van der Waals surface area contributed by atoms with E-state index in [0.717, 1.165) is 19.3 Å². The van der Waals surface area contributed by atoms with Gasteiger partial charge in [0.15, 0.2) is 0 Å². The van der Waals surface area contributed by atoms with Crippen LogP contribution in [0.4, 0.5) is 0 Å². The molecule has 0 radical (unpaired) electrons. The van der Waals surface area contributed by atoms with Crippen molar-refractivity contribution in [1.82, 2.24) is 9.55 Å². The summed E-state index contributed by atoms with van der Waals surface area (Å²) in [6.07, 6.45) is 3.02. The summed E-state index contributed by atoms with van der Waals surface area (Å²) in [5, 5.41) is 0.482. The highest BCUT2D eigenvalue weighted by molar-refractivity contribution is 5.84. The monoisotopic (exact) mass is 262 g/mol. The molecule has 0 amide bonds. The van der Waals surface area contributed by atoms with E-state index in [1.165, 1.54) is 7.11 Å². The number of fused-ring (bicyclic) bond motifs is 1. The van der Waals surface area contributed by atoms with Gasteiger partial charge in [-0.2, -0.15) is 0 Å². The average molecular weight is 262 g/mol. The number of ether oxygens (including phenoxy) is 1. The van der Waals surface area contributed by atoms with E-state index < -0.39 is 0 Å². The minimum absolute atomic E-state index is 0.370. The Balaban J connectivity index is 2.66. The molecule has 2 aromatic rings. The quantitative estimate of drug-likeness (QED) is 0.837. The van der Waals surface area contributed by atoms with Crippen LogP contribution >= 0.6 is 0 Å². The summed E-state index contributed by atoms with van der Waals surface area (Å²) in [5.74, 6) is 0.553. The molecule has 102 valence electrons. The van der Waals surface area contributed by atoms with Crippen LogP contribution in [0.1, 0.15) is 26.2 Å². The zero-order valence-corrected chi connectivity index (χ0v) is 11.2. The standard InChI is InChI=1S/C14H18N2O3/c1-3-4-5-9-16-12-10(13(17)15-14(16)18)7-6-8-11(12)19-2/h6-8H,3-5,9H2,1-2H3,(H,15,17,18). The Bertz CT molecular complexity index is 685. The number of unbranched alkanes of at least 4 members (excludes halogenated alkanes) is 2. The fourth-order valence-electron chi connectivity index (χ4n) is 2.22. The minimum Gasteiger partial charge on any atom is -0.495 e. The molecule has 0 aliphatic carbocycles. The van der Waals surface area contributed by atoms with E-state index in [4.69, 9.17) is 4.74 Å². The lowest BCUT2D eigenvalue weighted by Crippen LogP contribution is -2.30. The molecule has 0 bridgehead atoms. The Morgan fingerprint density at radius 2 is 2.05 bits per heavy atom. The molecule has 19 heavy (non-hydrogen) atoms. The normalized spacial score (nSPS) is 10.8. The van der Waals surface area contributed by atoms with E-state index in [2.05, 4.69) is 11.9 Å². The first-order valence-electron chi connectivity index (χ1n) is 6.49. The van der Waals surface area contributed by atoms with E-state index >= 15 is 0 Å². The molecule has 0 spiro atoms. The van der Waals surface area contributed by atoms with Crippen LogP contribution < -0.4 is 16.0 Å². The molecule has 1 N–H and O–H groups in total. The predicted molar refractivity (Wildman–Crippen MR) is 74.9 cm³/mol. The second-order valence-electron chi connectivity index (χ2n) is 4.47. The molecule has 5 heteroatoms. The highest BCUT2D eigenvalue weighted by Gasteiger charge is 2.11. The van der Waals surface area contributed by atoms with Crippen LogP contribution in [0.2, 0.25) is 0 Å². The summed E-state index contributed by atoms with van der Waals surface area (Å²) >= 11 is 0. The maximum atomic E-state index is 12.0. The highest BCUT2D eigenvalue weighted by atomic mass is 16.5. The summed E-state index contributed by atoms with van der Waals surface area (Å²) in [4.78, 5) is 26.1. The third-order valence-electron chi connectivity index (χ3n) is 3.18. The number of hydrogen-bond donors (Lipinski definition) is 1. The molecule has 0 aliphatic heterocycles. The second-order valence-corrected chi connectivity index (χ2v) is 4.47. The number of nitrogens with one attached hydrogen (secondary N) is 1. The second kappa shape index (κ2) is 5.73. The molecule has 0 aliphatic rings. The maximum absolute atomic E-state index is 12.0. The van der Waals surface area contributed by atoms with E-state index in [1.54, 1.807) is 22.8 Å². The number of para-hydroxylation sites is 1. The summed E-state index contributed by atoms with van der Waals surface area (Å²) < 4.78 is 6.86. The first kappa shape index (κ1) is 13.4. The third kappa shape index (κ3) is 2.54. The van der Waals surface area contributed by atoms with Gasteiger partial charge in [0, 0.05) is 6.54 Å². The van der Waals surface area contributed by atoms with Crippen LogP contribution in [0.5, 0.6) is 5.75 Å². The van der Waals surface area contributed by atoms with Crippen LogP contribution in [0.15, 0.2) is 27.8 Å². The maximum Gasteiger partial charge on any atom is 0.328 e. The molecule has 0 unspecified atom stereocenters. The van der Waals surface area contributed by atoms with E-state index in [0.29, 0.717) is 23.2 Å². The van der Waals surface area contributed by atoms with Gasteiger partial charge in [-0.3, -0.25) is 14.3 Å². The average Bonchev–Trinajstić information content (AvgIpc) is 2.42. The van der Waals surface area contributed by atoms with Crippen LogP contribution in [0.3, 0.4) is 0 Å². The number of aromatic amines is 1. The Morgan fingerprint density at radius 1 is 1.26 bits per heavy atom. The number of H-pyrrole nitrogens is 1. The van der Waals surface area contributed by atoms with Crippen molar-refractivity contribution in [3.63, 3.8) is 0 Å². The van der Waals surface area contributed by atoms with Gasteiger partial charge >= 0.3 is 5.69 Å². The fraction of sp³-hybridized carbons (Fsp3) is 0.429. The zero-order chi connectivity index (χ0) is 13.8. The molecule has 2 rings (SSSR count). The van der Waals surface area contributed by atoms with Crippen molar-refractivity contribution in [1.29, 1.82) is 0 Å². The molecule has 0 saturated heterocycles. The van der Waals surface area contributed by atoms with Gasteiger partial charge in [0.25, 0.3) is 5.56 Å². The number of aromatic nitrogens is 2. The van der Waals surface area contributed by atoms with E-state index in [9.17, 15) is 9.59 Å². The Morgan fingerprint density at radius 3 is 2.74 bits per heavy atom. The fourth-order valence-corrected chi connectivity index (χ4v) is 2.22. The molecule has 0 atom stereocenters. The topological polar surface area (TPSA) is 64.1 Å². The molecule has 1 heterocycles. The largest absolute Gasteiger partial charge is 0.495 e. The van der Waals surface area contributed by atoms with Crippen LogP contribution in [-0.2, 0) is 6.54 Å².